The number of nitrogen functional groups attached to an aromatic ring is 1. The molecule has 1 unspecified atom stereocenters. The van der Waals surface area contributed by atoms with Crippen LogP contribution in [0.3, 0.4) is 0 Å². The Bertz CT molecular complexity index is 594. The van der Waals surface area contributed by atoms with Crippen molar-refractivity contribution in [2.24, 2.45) is 0 Å². The van der Waals surface area contributed by atoms with Crippen LogP contribution in [0.25, 0.3) is 0 Å². The van der Waals surface area contributed by atoms with Gasteiger partial charge in [-0.1, -0.05) is 6.07 Å². The highest BCUT2D eigenvalue weighted by molar-refractivity contribution is 9.10. The van der Waals surface area contributed by atoms with E-state index in [4.69, 9.17) is 5.73 Å². The monoisotopic (exact) mass is 336 g/mol. The Hall–Kier alpha value is -0.840. The van der Waals surface area contributed by atoms with Gasteiger partial charge >= 0.3 is 0 Å². The molecule has 0 radical (unpaired) electrons. The van der Waals surface area contributed by atoms with Crippen LogP contribution in [0.15, 0.2) is 34.1 Å². The highest BCUT2D eigenvalue weighted by Gasteiger charge is 2.24. The molecule has 1 aromatic heterocycles. The first-order chi connectivity index (χ1) is 9.15. The lowest BCUT2D eigenvalue weighted by Gasteiger charge is -2.33. The van der Waals surface area contributed by atoms with Crippen LogP contribution in [0.1, 0.15) is 29.0 Å². The summed E-state index contributed by atoms with van der Waals surface area (Å²) in [6, 6.07) is 9.03. The van der Waals surface area contributed by atoms with E-state index in [1.54, 1.807) is 4.88 Å². The molecule has 1 aliphatic rings. The summed E-state index contributed by atoms with van der Waals surface area (Å²) in [6.07, 6.45) is 1.17. The van der Waals surface area contributed by atoms with E-state index >= 15 is 0 Å². The highest BCUT2D eigenvalue weighted by Crippen LogP contribution is 2.34. The van der Waals surface area contributed by atoms with Gasteiger partial charge in [-0.2, -0.15) is 0 Å². The second-order valence-corrected chi connectivity index (χ2v) is 6.91. The van der Waals surface area contributed by atoms with Crippen molar-refractivity contribution in [1.82, 2.24) is 4.90 Å². The summed E-state index contributed by atoms with van der Waals surface area (Å²) < 4.78 is 0.975. The summed E-state index contributed by atoms with van der Waals surface area (Å²) in [7, 11) is 0. The van der Waals surface area contributed by atoms with Crippen LogP contribution in [0.2, 0.25) is 0 Å². The fraction of sp³-hybridized carbons (Fsp3) is 0.333. The molecule has 19 heavy (non-hydrogen) atoms. The minimum atomic E-state index is 0.500. The van der Waals surface area contributed by atoms with Crippen LogP contribution < -0.4 is 5.73 Å². The van der Waals surface area contributed by atoms with Gasteiger partial charge in [0.25, 0.3) is 0 Å². The molecule has 0 aliphatic carbocycles. The van der Waals surface area contributed by atoms with Crippen molar-refractivity contribution in [2.75, 3.05) is 12.3 Å². The Morgan fingerprint density at radius 3 is 3.05 bits per heavy atom. The maximum absolute atomic E-state index is 5.96. The van der Waals surface area contributed by atoms with E-state index in [2.05, 4.69) is 51.3 Å². The maximum Gasteiger partial charge on any atom is 0.0461 e. The van der Waals surface area contributed by atoms with Crippen LogP contribution in [0.4, 0.5) is 5.69 Å². The number of halogens is 1. The molecule has 2 N–H and O–H groups in total. The molecule has 0 amide bonds. The first kappa shape index (κ1) is 13.2. The zero-order valence-corrected chi connectivity index (χ0v) is 13.3. The van der Waals surface area contributed by atoms with Crippen molar-refractivity contribution >= 4 is 33.0 Å². The summed E-state index contributed by atoms with van der Waals surface area (Å²) in [4.78, 5) is 4.08. The lowest BCUT2D eigenvalue weighted by Crippen LogP contribution is -2.32. The van der Waals surface area contributed by atoms with Crippen molar-refractivity contribution in [3.63, 3.8) is 0 Å². The Morgan fingerprint density at radius 2 is 2.26 bits per heavy atom. The molecule has 0 fully saturated rings. The van der Waals surface area contributed by atoms with Gasteiger partial charge in [0.05, 0.1) is 0 Å². The molecule has 1 aromatic carbocycles. The predicted molar refractivity (Wildman–Crippen MR) is 85.4 cm³/mol. The maximum atomic E-state index is 5.96. The number of hydrogen-bond acceptors (Lipinski definition) is 3. The van der Waals surface area contributed by atoms with Crippen molar-refractivity contribution in [2.45, 2.75) is 25.9 Å². The van der Waals surface area contributed by atoms with Gasteiger partial charge in [-0.05, 0) is 64.0 Å². The van der Waals surface area contributed by atoms with E-state index < -0.39 is 0 Å². The number of nitrogens with two attached hydrogens (primary N) is 1. The second kappa shape index (κ2) is 5.27. The predicted octanol–water partition coefficient (Wildman–Crippen LogP) is 4.21. The molecule has 0 saturated heterocycles. The van der Waals surface area contributed by atoms with Crippen LogP contribution in [0.5, 0.6) is 0 Å². The minimum Gasteiger partial charge on any atom is -0.398 e. The van der Waals surface area contributed by atoms with E-state index in [1.807, 2.05) is 17.4 Å². The molecule has 0 spiro atoms. The summed E-state index contributed by atoms with van der Waals surface area (Å²) in [5, 5.41) is 2.21. The fourth-order valence-corrected chi connectivity index (χ4v) is 3.91. The average molecular weight is 337 g/mol. The van der Waals surface area contributed by atoms with E-state index in [1.165, 1.54) is 17.5 Å². The van der Waals surface area contributed by atoms with Gasteiger partial charge in [-0.3, -0.25) is 4.90 Å². The zero-order valence-electron chi connectivity index (χ0n) is 10.9. The Balaban J connectivity index is 1.79. The van der Waals surface area contributed by atoms with Crippen molar-refractivity contribution in [1.29, 1.82) is 0 Å². The number of anilines is 1. The lowest BCUT2D eigenvalue weighted by molar-refractivity contribution is 0.191. The molecule has 2 heterocycles. The topological polar surface area (TPSA) is 29.3 Å². The van der Waals surface area contributed by atoms with Gasteiger partial charge < -0.3 is 5.73 Å². The Labute approximate surface area is 126 Å². The van der Waals surface area contributed by atoms with Crippen molar-refractivity contribution in [3.05, 3.63) is 50.1 Å². The van der Waals surface area contributed by atoms with Crippen LogP contribution >= 0.6 is 27.3 Å². The van der Waals surface area contributed by atoms with E-state index in [0.717, 1.165) is 23.2 Å². The lowest BCUT2D eigenvalue weighted by atomic mass is 10.0. The fourth-order valence-electron chi connectivity index (χ4n) is 2.70. The first-order valence-electron chi connectivity index (χ1n) is 6.49. The molecular weight excluding hydrogens is 320 g/mol. The number of thiophene rings is 1. The zero-order chi connectivity index (χ0) is 13.4. The highest BCUT2D eigenvalue weighted by atomic mass is 79.9. The van der Waals surface area contributed by atoms with Crippen LogP contribution in [-0.4, -0.2) is 11.4 Å². The summed E-state index contributed by atoms with van der Waals surface area (Å²) >= 11 is 5.33. The number of hydrogen-bond donors (Lipinski definition) is 1. The van der Waals surface area contributed by atoms with Gasteiger partial charge in [0.1, 0.15) is 0 Å². The standard InChI is InChI=1S/C15H17BrN2S/c1-10-12-5-7-19-15(12)4-6-18(10)9-11-2-3-13(16)14(17)8-11/h2-3,5,7-8,10H,4,6,9,17H2,1H3. The molecule has 2 nitrogen and oxygen atoms in total. The number of fused-ring (bicyclic) bond motifs is 1. The van der Waals surface area contributed by atoms with Crippen molar-refractivity contribution < 1.29 is 0 Å². The summed E-state index contributed by atoms with van der Waals surface area (Å²) in [6.45, 7) is 4.39. The number of rotatable bonds is 2. The molecule has 1 aliphatic heterocycles. The largest absolute Gasteiger partial charge is 0.398 e. The normalized spacial score (nSPS) is 19.4. The molecule has 2 aromatic rings. The van der Waals surface area contributed by atoms with Gasteiger partial charge in [-0.15, -0.1) is 11.3 Å². The quantitative estimate of drug-likeness (QED) is 0.832. The smallest absolute Gasteiger partial charge is 0.0461 e. The van der Waals surface area contributed by atoms with Crippen molar-refractivity contribution in [3.8, 4) is 0 Å². The minimum absolute atomic E-state index is 0.500. The Morgan fingerprint density at radius 1 is 1.42 bits per heavy atom. The molecule has 100 valence electrons. The third kappa shape index (κ3) is 2.57. The second-order valence-electron chi connectivity index (χ2n) is 5.05. The first-order valence-corrected chi connectivity index (χ1v) is 8.16. The van der Waals surface area contributed by atoms with E-state index in [9.17, 15) is 0 Å². The molecule has 0 saturated carbocycles. The SMILES string of the molecule is CC1c2ccsc2CCN1Cc1ccc(Br)c(N)c1. The molecule has 3 rings (SSSR count). The van der Waals surface area contributed by atoms with Crippen LogP contribution in [0, 0.1) is 0 Å². The van der Waals surface area contributed by atoms with Gasteiger partial charge in [0, 0.05) is 34.2 Å². The number of benzene rings is 1. The van der Waals surface area contributed by atoms with Gasteiger partial charge in [0.15, 0.2) is 0 Å². The number of nitrogens with zero attached hydrogens (tertiary/aromatic N) is 1. The van der Waals surface area contributed by atoms with Gasteiger partial charge in [-0.25, -0.2) is 0 Å². The van der Waals surface area contributed by atoms with Crippen LogP contribution in [-0.2, 0) is 13.0 Å². The average Bonchev–Trinajstić information content (AvgIpc) is 2.86. The molecule has 4 heteroatoms. The molecular formula is C15H17BrN2S. The third-order valence-electron chi connectivity index (χ3n) is 3.85. The van der Waals surface area contributed by atoms with E-state index in [0.29, 0.717) is 6.04 Å². The Kier molecular flexibility index (Phi) is 3.65. The molecule has 1 atom stereocenters. The molecule has 0 bridgehead atoms. The summed E-state index contributed by atoms with van der Waals surface area (Å²) in [5.74, 6) is 0. The van der Waals surface area contributed by atoms with Gasteiger partial charge in [0.2, 0.25) is 0 Å². The summed E-state index contributed by atoms with van der Waals surface area (Å²) in [5.41, 5.74) is 9.56. The third-order valence-corrected chi connectivity index (χ3v) is 5.57. The van der Waals surface area contributed by atoms with E-state index in [-0.39, 0.29) is 0 Å².